The number of furan rings is 1. The van der Waals surface area contributed by atoms with Crippen LogP contribution >= 0.6 is 39.3 Å². The van der Waals surface area contributed by atoms with E-state index in [-0.39, 0.29) is 4.91 Å². The van der Waals surface area contributed by atoms with Gasteiger partial charge in [-0.25, -0.2) is 4.79 Å². The molecule has 0 spiro atoms. The van der Waals surface area contributed by atoms with Gasteiger partial charge in [-0.05, 0) is 67.2 Å². The second kappa shape index (κ2) is 9.77. The number of benzene rings is 2. The molecule has 6 nitrogen and oxygen atoms in total. The molecule has 0 radical (unpaired) electrons. The fourth-order valence-electron chi connectivity index (χ4n) is 3.02. The highest BCUT2D eigenvalue weighted by Crippen LogP contribution is 2.32. The smallest absolute Gasteiger partial charge is 0.342 e. The summed E-state index contributed by atoms with van der Waals surface area (Å²) in [6.07, 6.45) is 1.49. The van der Waals surface area contributed by atoms with Crippen LogP contribution < -0.4 is 0 Å². The minimum Gasteiger partial charge on any atom is -0.477 e. The van der Waals surface area contributed by atoms with E-state index in [1.54, 1.807) is 18.2 Å². The Kier molecular flexibility index (Phi) is 6.83. The summed E-state index contributed by atoms with van der Waals surface area (Å²) in [7, 11) is 0. The van der Waals surface area contributed by atoms with Gasteiger partial charge in [-0.15, -0.1) is 10.2 Å². The van der Waals surface area contributed by atoms with Crippen molar-refractivity contribution in [2.45, 2.75) is 18.6 Å². The minimum absolute atomic E-state index is 0.0754. The van der Waals surface area contributed by atoms with Gasteiger partial charge < -0.3 is 14.1 Å². The third-order valence-corrected chi connectivity index (χ3v) is 6.35. The number of hydrogen-bond acceptors (Lipinski definition) is 5. The molecule has 2 aromatic carbocycles. The Morgan fingerprint density at radius 2 is 1.78 bits per heavy atom. The summed E-state index contributed by atoms with van der Waals surface area (Å²) in [5.41, 5.74) is 1.75. The summed E-state index contributed by atoms with van der Waals surface area (Å²) in [4.78, 5) is 12.0. The van der Waals surface area contributed by atoms with Crippen molar-refractivity contribution in [3.63, 3.8) is 0 Å². The van der Waals surface area contributed by atoms with Crippen molar-refractivity contribution in [1.29, 1.82) is 0 Å². The quantitative estimate of drug-likeness (QED) is 0.208. The zero-order chi connectivity index (χ0) is 22.7. The van der Waals surface area contributed by atoms with Crippen molar-refractivity contribution in [1.82, 2.24) is 14.8 Å². The lowest BCUT2D eigenvalue weighted by Crippen LogP contribution is -2.02. The van der Waals surface area contributed by atoms with E-state index in [0.717, 1.165) is 27.4 Å². The Balaban J connectivity index is 1.62. The topological polar surface area (TPSA) is 81.2 Å². The van der Waals surface area contributed by atoms with Crippen molar-refractivity contribution in [2.75, 3.05) is 0 Å². The number of nitrogens with zero attached hydrogens (tertiary/aromatic N) is 3. The van der Waals surface area contributed by atoms with Crippen molar-refractivity contribution in [3.8, 4) is 22.7 Å². The number of halogens is 2. The summed E-state index contributed by atoms with van der Waals surface area (Å²) < 4.78 is 8.68. The maximum Gasteiger partial charge on any atom is 0.342 e. The summed E-state index contributed by atoms with van der Waals surface area (Å²) in [6.45, 7) is 2.53. The van der Waals surface area contributed by atoms with E-state index in [4.69, 9.17) is 16.0 Å². The van der Waals surface area contributed by atoms with Crippen molar-refractivity contribution in [2.24, 2.45) is 0 Å². The molecule has 0 saturated carbocycles. The molecule has 0 atom stereocenters. The molecule has 0 aliphatic rings. The first-order valence-electron chi connectivity index (χ1n) is 9.62. The second-order valence-corrected chi connectivity index (χ2v) is 9.04. The van der Waals surface area contributed by atoms with E-state index < -0.39 is 5.97 Å². The highest BCUT2D eigenvalue weighted by atomic mass is 79.9. The molecule has 9 heteroatoms. The van der Waals surface area contributed by atoms with E-state index in [1.165, 1.54) is 6.08 Å². The summed E-state index contributed by atoms with van der Waals surface area (Å²) >= 11 is 10.4. The van der Waals surface area contributed by atoms with Crippen LogP contribution in [-0.2, 0) is 11.3 Å². The van der Waals surface area contributed by atoms with Crippen molar-refractivity contribution >= 4 is 51.3 Å². The normalized spacial score (nSPS) is 11.7. The van der Waals surface area contributed by atoms with Gasteiger partial charge in [-0.1, -0.05) is 39.7 Å². The van der Waals surface area contributed by atoms with Gasteiger partial charge in [-0.3, -0.25) is 0 Å². The number of rotatable bonds is 7. The number of thioether (sulfide) groups is 1. The molecule has 0 aliphatic carbocycles. The molecule has 0 unspecified atom stereocenters. The summed E-state index contributed by atoms with van der Waals surface area (Å²) in [5.74, 6) is 0.663. The van der Waals surface area contributed by atoms with Gasteiger partial charge in [0.15, 0.2) is 11.0 Å². The molecule has 4 aromatic rings. The highest BCUT2D eigenvalue weighted by Gasteiger charge is 2.19. The average molecular weight is 531 g/mol. The summed E-state index contributed by atoms with van der Waals surface area (Å²) in [5, 5.41) is 19.3. The van der Waals surface area contributed by atoms with Crippen molar-refractivity contribution in [3.05, 3.63) is 80.8 Å². The van der Waals surface area contributed by atoms with Gasteiger partial charge in [0.25, 0.3) is 0 Å². The molecule has 0 amide bonds. The number of aliphatic carboxylic acids is 1. The number of aromatic nitrogens is 3. The van der Waals surface area contributed by atoms with Crippen LogP contribution in [0.1, 0.15) is 12.7 Å². The average Bonchev–Trinajstić information content (AvgIpc) is 3.41. The third-order valence-electron chi connectivity index (χ3n) is 4.58. The Labute approximate surface area is 202 Å². The lowest BCUT2D eigenvalue weighted by molar-refractivity contribution is -0.131. The zero-order valence-electron chi connectivity index (χ0n) is 16.8. The molecular weight excluding hydrogens is 514 g/mol. The van der Waals surface area contributed by atoms with E-state index in [9.17, 15) is 9.90 Å². The van der Waals surface area contributed by atoms with Crippen LogP contribution in [0, 0.1) is 0 Å². The molecule has 1 N–H and O–H groups in total. The molecule has 0 fully saturated rings. The van der Waals surface area contributed by atoms with Gasteiger partial charge >= 0.3 is 5.97 Å². The fraction of sp³-hybridized carbons (Fsp3) is 0.0870. The second-order valence-electron chi connectivity index (χ2n) is 6.68. The lowest BCUT2D eigenvalue weighted by atomic mass is 10.2. The first-order chi connectivity index (χ1) is 15.4. The Bertz CT molecular complexity index is 1280. The molecule has 4 rings (SSSR count). The zero-order valence-corrected chi connectivity index (χ0v) is 20.0. The Hall–Kier alpha value is -2.81. The van der Waals surface area contributed by atoms with E-state index in [1.807, 2.05) is 54.0 Å². The summed E-state index contributed by atoms with van der Waals surface area (Å²) in [6, 6.07) is 18.5. The molecular formula is C23H17BrClN3O3S. The SMILES string of the molecule is CCn1c(S/C(=C\c2ccc(-c3ccc(Br)cc3)o2)C(=O)O)nnc1-c1ccc(Cl)cc1. The van der Waals surface area contributed by atoms with E-state index in [2.05, 4.69) is 26.1 Å². The van der Waals surface area contributed by atoms with E-state index in [0.29, 0.717) is 34.1 Å². The molecule has 162 valence electrons. The van der Waals surface area contributed by atoms with Crippen LogP contribution in [0.5, 0.6) is 0 Å². The first-order valence-corrected chi connectivity index (χ1v) is 11.6. The molecule has 2 heterocycles. The van der Waals surface area contributed by atoms with E-state index >= 15 is 0 Å². The number of carbonyl (C=O) groups is 1. The van der Waals surface area contributed by atoms with Crippen LogP contribution in [0.15, 0.2) is 79.6 Å². The monoisotopic (exact) mass is 529 g/mol. The van der Waals surface area contributed by atoms with Crippen LogP contribution in [0.3, 0.4) is 0 Å². The maximum absolute atomic E-state index is 11.9. The molecule has 0 aliphatic heterocycles. The van der Waals surface area contributed by atoms with Crippen molar-refractivity contribution < 1.29 is 14.3 Å². The number of hydrogen-bond donors (Lipinski definition) is 1. The first kappa shape index (κ1) is 22.4. The van der Waals surface area contributed by atoms with Gasteiger partial charge in [0.05, 0.1) is 0 Å². The highest BCUT2D eigenvalue weighted by molar-refractivity contribution is 9.10. The Morgan fingerprint density at radius 3 is 2.44 bits per heavy atom. The largest absolute Gasteiger partial charge is 0.477 e. The molecule has 32 heavy (non-hydrogen) atoms. The maximum atomic E-state index is 11.9. The minimum atomic E-state index is -1.07. The third kappa shape index (κ3) is 4.98. The predicted octanol–water partition coefficient (Wildman–Crippen LogP) is 6.86. The molecule has 0 bridgehead atoms. The Morgan fingerprint density at radius 1 is 1.09 bits per heavy atom. The lowest BCUT2D eigenvalue weighted by Gasteiger charge is -2.07. The van der Waals surface area contributed by atoms with Crippen LogP contribution in [0.4, 0.5) is 0 Å². The number of carboxylic acid groups (broad SMARTS) is 1. The van der Waals surface area contributed by atoms with Gasteiger partial charge in [0.1, 0.15) is 16.4 Å². The van der Waals surface area contributed by atoms with Crippen LogP contribution in [0.2, 0.25) is 5.02 Å². The van der Waals surface area contributed by atoms with Crippen LogP contribution in [-0.4, -0.2) is 25.8 Å². The van der Waals surface area contributed by atoms with Gasteiger partial charge in [-0.2, -0.15) is 0 Å². The fourth-order valence-corrected chi connectivity index (χ4v) is 4.28. The van der Waals surface area contributed by atoms with Crippen LogP contribution in [0.25, 0.3) is 28.8 Å². The predicted molar refractivity (Wildman–Crippen MR) is 129 cm³/mol. The van der Waals surface area contributed by atoms with Gasteiger partial charge in [0, 0.05) is 33.2 Å². The molecule has 0 saturated heterocycles. The molecule has 2 aromatic heterocycles. The number of carboxylic acids is 1. The van der Waals surface area contributed by atoms with Gasteiger partial charge in [0.2, 0.25) is 0 Å². The standard InChI is InChI=1S/C23H17BrClN3O3S/c1-2-28-21(15-5-9-17(25)10-6-15)26-27-23(28)32-20(22(29)30)13-18-11-12-19(31-18)14-3-7-16(24)8-4-14/h3-13H,2H2,1H3,(H,29,30)/b20-13-.